The number of benzene rings is 1. The summed E-state index contributed by atoms with van der Waals surface area (Å²) in [5.74, 6) is -0.666. The van der Waals surface area contributed by atoms with Gasteiger partial charge in [0.15, 0.2) is 0 Å². The molecule has 0 unspecified atom stereocenters. The third-order valence-corrected chi connectivity index (χ3v) is 1.75. The van der Waals surface area contributed by atoms with Gasteiger partial charge >= 0.3 is 5.97 Å². The molecule has 0 fully saturated rings. The first kappa shape index (κ1) is 10.4. The number of phenols is 2. The molecule has 0 radical (unpaired) electrons. The number of rotatable bonds is 3. The lowest BCUT2D eigenvalue weighted by Crippen LogP contribution is -2.07. The average Bonchev–Trinajstić information content (AvgIpc) is 2.12. The van der Waals surface area contributed by atoms with Gasteiger partial charge in [-0.1, -0.05) is 6.07 Å². The first-order chi connectivity index (χ1) is 6.65. The molecule has 4 nitrogen and oxygen atoms in total. The van der Waals surface area contributed by atoms with Crippen LogP contribution in [-0.4, -0.2) is 22.8 Å². The molecular formula is C10H12O4. The molecule has 0 aliphatic rings. The van der Waals surface area contributed by atoms with E-state index in [0.29, 0.717) is 0 Å². The Kier molecular flexibility index (Phi) is 3.34. The van der Waals surface area contributed by atoms with Gasteiger partial charge in [0.1, 0.15) is 11.5 Å². The topological polar surface area (TPSA) is 66.8 Å². The Morgan fingerprint density at radius 2 is 1.93 bits per heavy atom. The Morgan fingerprint density at radius 3 is 2.43 bits per heavy atom. The number of phenolic OH excluding ortho intramolecular Hbond substituents is 2. The van der Waals surface area contributed by atoms with Crippen molar-refractivity contribution >= 4 is 5.97 Å². The summed E-state index contributed by atoms with van der Waals surface area (Å²) >= 11 is 0. The second kappa shape index (κ2) is 4.50. The van der Waals surface area contributed by atoms with Crippen LogP contribution in [0.25, 0.3) is 0 Å². The highest BCUT2D eigenvalue weighted by Crippen LogP contribution is 2.26. The summed E-state index contributed by atoms with van der Waals surface area (Å²) < 4.78 is 4.69. The fourth-order valence-electron chi connectivity index (χ4n) is 1.10. The number of aromatic hydroxyl groups is 2. The zero-order valence-corrected chi connectivity index (χ0v) is 7.86. The largest absolute Gasteiger partial charge is 0.508 e. The van der Waals surface area contributed by atoms with E-state index in [0.717, 1.165) is 0 Å². The van der Waals surface area contributed by atoms with Gasteiger partial charge in [-0.25, -0.2) is 0 Å². The standard InChI is InChI=1S/C10H12O4/c1-2-14-10(13)6-7-8(11)4-3-5-9(7)12/h3-5,11-12H,2,6H2,1H3. The first-order valence-electron chi connectivity index (χ1n) is 4.30. The number of hydrogen-bond donors (Lipinski definition) is 2. The number of ether oxygens (including phenoxy) is 1. The Morgan fingerprint density at radius 1 is 1.36 bits per heavy atom. The van der Waals surface area contributed by atoms with Crippen molar-refractivity contribution in [3.8, 4) is 11.5 Å². The third kappa shape index (κ3) is 2.39. The Hall–Kier alpha value is -1.71. The van der Waals surface area contributed by atoms with Gasteiger partial charge in [0.2, 0.25) is 0 Å². The summed E-state index contributed by atoms with van der Waals surface area (Å²) in [6.07, 6.45) is -0.119. The van der Waals surface area contributed by atoms with Crippen LogP contribution >= 0.6 is 0 Å². The van der Waals surface area contributed by atoms with Crippen LogP contribution in [0.3, 0.4) is 0 Å². The lowest BCUT2D eigenvalue weighted by Gasteiger charge is -2.06. The minimum atomic E-state index is -0.468. The van der Waals surface area contributed by atoms with E-state index in [4.69, 9.17) is 4.74 Å². The van der Waals surface area contributed by atoms with Crippen LogP contribution in [-0.2, 0) is 16.0 Å². The quantitative estimate of drug-likeness (QED) is 0.713. The summed E-state index contributed by atoms with van der Waals surface area (Å²) in [6.45, 7) is 1.98. The lowest BCUT2D eigenvalue weighted by molar-refractivity contribution is -0.142. The second-order valence-electron chi connectivity index (χ2n) is 2.76. The maximum atomic E-state index is 11.1. The zero-order chi connectivity index (χ0) is 10.6. The highest BCUT2D eigenvalue weighted by atomic mass is 16.5. The van der Waals surface area contributed by atoms with Crippen LogP contribution in [0.2, 0.25) is 0 Å². The van der Waals surface area contributed by atoms with Crippen LogP contribution in [0.5, 0.6) is 11.5 Å². The molecule has 0 aliphatic carbocycles. The van der Waals surface area contributed by atoms with Crippen LogP contribution in [0.1, 0.15) is 12.5 Å². The monoisotopic (exact) mass is 196 g/mol. The van der Waals surface area contributed by atoms with E-state index in [2.05, 4.69) is 0 Å². The van der Waals surface area contributed by atoms with Gasteiger partial charge in [0.05, 0.1) is 13.0 Å². The van der Waals surface area contributed by atoms with Gasteiger partial charge in [0.25, 0.3) is 0 Å². The molecule has 0 saturated carbocycles. The maximum absolute atomic E-state index is 11.1. The smallest absolute Gasteiger partial charge is 0.310 e. The number of hydrogen-bond acceptors (Lipinski definition) is 4. The predicted molar refractivity (Wildman–Crippen MR) is 50.1 cm³/mol. The predicted octanol–water partition coefficient (Wildman–Crippen LogP) is 1.20. The molecule has 14 heavy (non-hydrogen) atoms. The van der Waals surface area contributed by atoms with Crippen molar-refractivity contribution in [2.24, 2.45) is 0 Å². The molecule has 0 bridgehead atoms. The van der Waals surface area contributed by atoms with E-state index in [9.17, 15) is 15.0 Å². The van der Waals surface area contributed by atoms with E-state index < -0.39 is 5.97 Å². The van der Waals surface area contributed by atoms with E-state index in [-0.39, 0.29) is 30.1 Å². The average molecular weight is 196 g/mol. The highest BCUT2D eigenvalue weighted by Gasteiger charge is 2.12. The number of carbonyl (C=O) groups is 1. The van der Waals surface area contributed by atoms with Gasteiger partial charge in [0, 0.05) is 5.56 Å². The summed E-state index contributed by atoms with van der Waals surface area (Å²) in [7, 11) is 0. The van der Waals surface area contributed by atoms with Crippen LogP contribution < -0.4 is 0 Å². The van der Waals surface area contributed by atoms with E-state index in [1.165, 1.54) is 18.2 Å². The van der Waals surface area contributed by atoms with Gasteiger partial charge in [-0.2, -0.15) is 0 Å². The maximum Gasteiger partial charge on any atom is 0.310 e. The lowest BCUT2D eigenvalue weighted by atomic mass is 10.1. The molecule has 2 N–H and O–H groups in total. The molecule has 1 aromatic rings. The molecule has 0 spiro atoms. The van der Waals surface area contributed by atoms with E-state index in [1.54, 1.807) is 6.92 Å². The molecule has 0 atom stereocenters. The van der Waals surface area contributed by atoms with E-state index in [1.807, 2.05) is 0 Å². The van der Waals surface area contributed by atoms with Gasteiger partial charge < -0.3 is 14.9 Å². The Balaban J connectivity index is 2.80. The molecule has 0 heterocycles. The fourth-order valence-corrected chi connectivity index (χ4v) is 1.10. The molecule has 0 saturated heterocycles. The van der Waals surface area contributed by atoms with Crippen LogP contribution in [0, 0.1) is 0 Å². The molecule has 76 valence electrons. The summed E-state index contributed by atoms with van der Waals surface area (Å²) in [5, 5.41) is 18.7. The fraction of sp³-hybridized carbons (Fsp3) is 0.300. The molecule has 1 rings (SSSR count). The molecule has 0 amide bonds. The molecule has 0 aromatic heterocycles. The molecule has 0 aliphatic heterocycles. The van der Waals surface area contributed by atoms with Crippen molar-refractivity contribution in [3.63, 3.8) is 0 Å². The van der Waals surface area contributed by atoms with Crippen molar-refractivity contribution in [2.75, 3.05) is 6.61 Å². The van der Waals surface area contributed by atoms with E-state index >= 15 is 0 Å². The number of esters is 1. The minimum absolute atomic E-state index is 0.0990. The van der Waals surface area contributed by atoms with Gasteiger partial charge in [-0.15, -0.1) is 0 Å². The Bertz CT molecular complexity index is 313. The SMILES string of the molecule is CCOC(=O)Cc1c(O)cccc1O. The molecule has 4 heteroatoms. The van der Waals surface area contributed by atoms with Gasteiger partial charge in [-0.3, -0.25) is 4.79 Å². The highest BCUT2D eigenvalue weighted by molar-refractivity contribution is 5.74. The number of carbonyl (C=O) groups excluding carboxylic acids is 1. The van der Waals surface area contributed by atoms with Crippen molar-refractivity contribution in [3.05, 3.63) is 23.8 Å². The summed E-state index contributed by atoms with van der Waals surface area (Å²) in [6, 6.07) is 4.32. The molecule has 1 aromatic carbocycles. The van der Waals surface area contributed by atoms with Crippen molar-refractivity contribution in [1.82, 2.24) is 0 Å². The van der Waals surface area contributed by atoms with Crippen molar-refractivity contribution in [2.45, 2.75) is 13.3 Å². The first-order valence-corrected chi connectivity index (χ1v) is 4.30. The van der Waals surface area contributed by atoms with Crippen LogP contribution in [0.4, 0.5) is 0 Å². The van der Waals surface area contributed by atoms with Crippen molar-refractivity contribution in [1.29, 1.82) is 0 Å². The second-order valence-corrected chi connectivity index (χ2v) is 2.76. The zero-order valence-electron chi connectivity index (χ0n) is 7.86. The normalized spacial score (nSPS) is 9.79. The van der Waals surface area contributed by atoms with Crippen molar-refractivity contribution < 1.29 is 19.7 Å². The Labute approximate surface area is 81.8 Å². The minimum Gasteiger partial charge on any atom is -0.508 e. The van der Waals surface area contributed by atoms with Gasteiger partial charge in [-0.05, 0) is 19.1 Å². The third-order valence-electron chi connectivity index (χ3n) is 1.75. The van der Waals surface area contributed by atoms with Crippen LogP contribution in [0.15, 0.2) is 18.2 Å². The summed E-state index contributed by atoms with van der Waals surface area (Å²) in [5.41, 5.74) is 0.200. The molecular weight excluding hydrogens is 184 g/mol. The summed E-state index contributed by atoms with van der Waals surface area (Å²) in [4.78, 5) is 11.1.